The van der Waals surface area contributed by atoms with Gasteiger partial charge >= 0.3 is 5.97 Å². The Balaban J connectivity index is 1.18. The minimum atomic E-state index is -0.391. The van der Waals surface area contributed by atoms with Gasteiger partial charge in [-0.05, 0) is 79.5 Å². The SMILES string of the molecule is CCCCC[C@H]1CC[C@H](CCCOc2ccc(OC(=O)c3ccc(-c4nccc(C(C)CCCC)n4)cc3)cc2)CC1. The summed E-state index contributed by atoms with van der Waals surface area (Å²) in [4.78, 5) is 22.0. The van der Waals surface area contributed by atoms with Crippen LogP contribution in [0.5, 0.6) is 11.5 Å². The maximum absolute atomic E-state index is 12.8. The van der Waals surface area contributed by atoms with Crippen molar-refractivity contribution in [1.29, 1.82) is 0 Å². The van der Waals surface area contributed by atoms with Gasteiger partial charge in [-0.1, -0.05) is 97.1 Å². The highest BCUT2D eigenvalue weighted by atomic mass is 16.5. The number of esters is 1. The van der Waals surface area contributed by atoms with E-state index >= 15 is 0 Å². The third-order valence-corrected chi connectivity index (χ3v) is 8.79. The second-order valence-corrected chi connectivity index (χ2v) is 12.2. The zero-order chi connectivity index (χ0) is 29.6. The molecule has 1 heterocycles. The second-order valence-electron chi connectivity index (χ2n) is 12.2. The van der Waals surface area contributed by atoms with Crippen LogP contribution in [-0.4, -0.2) is 22.5 Å². The number of rotatable bonds is 16. The van der Waals surface area contributed by atoms with Crippen molar-refractivity contribution >= 4 is 5.97 Å². The van der Waals surface area contributed by atoms with Crippen LogP contribution in [0.3, 0.4) is 0 Å². The highest BCUT2D eigenvalue weighted by molar-refractivity contribution is 5.91. The quantitative estimate of drug-likeness (QED) is 0.0974. The second kappa shape index (κ2) is 17.0. The molecule has 1 fully saturated rings. The number of aromatic nitrogens is 2. The van der Waals surface area contributed by atoms with Gasteiger partial charge in [0.15, 0.2) is 5.82 Å². The smallest absolute Gasteiger partial charge is 0.343 e. The number of carbonyl (C=O) groups excluding carboxylic acids is 1. The Morgan fingerprint density at radius 2 is 1.45 bits per heavy atom. The van der Waals surface area contributed by atoms with Crippen molar-refractivity contribution in [3.05, 3.63) is 72.1 Å². The van der Waals surface area contributed by atoms with Crippen LogP contribution in [0.2, 0.25) is 0 Å². The van der Waals surface area contributed by atoms with Crippen molar-refractivity contribution in [2.75, 3.05) is 6.61 Å². The fraction of sp³-hybridized carbons (Fsp3) is 0.541. The number of ether oxygens (including phenoxy) is 2. The summed E-state index contributed by atoms with van der Waals surface area (Å²) < 4.78 is 11.6. The lowest BCUT2D eigenvalue weighted by Crippen LogP contribution is -2.15. The van der Waals surface area contributed by atoms with Gasteiger partial charge in [-0.25, -0.2) is 14.8 Å². The summed E-state index contributed by atoms with van der Waals surface area (Å²) in [6, 6.07) is 16.6. The number of unbranched alkanes of at least 4 members (excludes halogenated alkanes) is 3. The number of carbonyl (C=O) groups is 1. The van der Waals surface area contributed by atoms with Gasteiger partial charge in [-0.15, -0.1) is 0 Å². The molecule has 226 valence electrons. The Labute approximate surface area is 253 Å². The molecule has 3 aromatic rings. The molecule has 42 heavy (non-hydrogen) atoms. The maximum Gasteiger partial charge on any atom is 0.343 e. The van der Waals surface area contributed by atoms with Crippen LogP contribution < -0.4 is 9.47 Å². The van der Waals surface area contributed by atoms with Gasteiger partial charge < -0.3 is 9.47 Å². The summed E-state index contributed by atoms with van der Waals surface area (Å²) in [5, 5.41) is 0. The molecule has 5 heteroatoms. The van der Waals surface area contributed by atoms with Gasteiger partial charge in [0, 0.05) is 17.5 Å². The lowest BCUT2D eigenvalue weighted by Gasteiger charge is -2.28. The van der Waals surface area contributed by atoms with E-state index in [1.165, 1.54) is 70.6 Å². The monoisotopic (exact) mass is 570 g/mol. The molecular formula is C37H50N2O3. The standard InChI is InChI=1S/C37H50N2O3/c1-4-6-8-11-29-13-15-30(16-14-29)12-9-27-41-33-21-23-34(24-22-33)42-37(40)32-19-17-31(18-20-32)36-38-26-25-35(39-36)28(3)10-7-5-2/h17-26,28-30H,4-16,27H2,1-3H3/t28?,29-,30-. The van der Waals surface area contributed by atoms with Crippen LogP contribution in [0, 0.1) is 11.8 Å². The number of hydrogen-bond donors (Lipinski definition) is 0. The Kier molecular flexibility index (Phi) is 12.9. The minimum Gasteiger partial charge on any atom is -0.494 e. The molecule has 0 bridgehead atoms. The molecule has 5 nitrogen and oxygen atoms in total. The summed E-state index contributed by atoms with van der Waals surface area (Å²) >= 11 is 0. The summed E-state index contributed by atoms with van der Waals surface area (Å²) in [6.07, 6.45) is 18.8. The van der Waals surface area contributed by atoms with E-state index in [0.29, 0.717) is 23.1 Å². The van der Waals surface area contributed by atoms with Gasteiger partial charge in [-0.3, -0.25) is 0 Å². The normalized spacial score (nSPS) is 17.5. The molecule has 0 amide bonds. The van der Waals surface area contributed by atoms with Crippen LogP contribution >= 0.6 is 0 Å². The Morgan fingerprint density at radius 3 is 2.12 bits per heavy atom. The van der Waals surface area contributed by atoms with E-state index in [0.717, 1.165) is 48.3 Å². The van der Waals surface area contributed by atoms with E-state index in [1.54, 1.807) is 24.3 Å². The van der Waals surface area contributed by atoms with Crippen LogP contribution in [0.4, 0.5) is 0 Å². The van der Waals surface area contributed by atoms with Crippen molar-refractivity contribution < 1.29 is 14.3 Å². The van der Waals surface area contributed by atoms with Gasteiger partial charge in [0.2, 0.25) is 0 Å². The zero-order valence-electron chi connectivity index (χ0n) is 26.0. The molecule has 0 spiro atoms. The molecule has 1 aliphatic carbocycles. The molecule has 4 rings (SSSR count). The van der Waals surface area contributed by atoms with Gasteiger partial charge in [-0.2, -0.15) is 0 Å². The molecule has 1 atom stereocenters. The van der Waals surface area contributed by atoms with E-state index < -0.39 is 5.97 Å². The van der Waals surface area contributed by atoms with Crippen LogP contribution in [0.1, 0.15) is 126 Å². The molecule has 0 radical (unpaired) electrons. The number of hydrogen-bond acceptors (Lipinski definition) is 5. The number of benzene rings is 2. The highest BCUT2D eigenvalue weighted by Crippen LogP contribution is 2.34. The van der Waals surface area contributed by atoms with Crippen molar-refractivity contribution in [1.82, 2.24) is 9.97 Å². The van der Waals surface area contributed by atoms with Crippen molar-refractivity contribution in [3.63, 3.8) is 0 Å². The Bertz CT molecular complexity index is 1200. The molecule has 1 unspecified atom stereocenters. The first-order valence-electron chi connectivity index (χ1n) is 16.4. The van der Waals surface area contributed by atoms with Crippen molar-refractivity contribution in [2.24, 2.45) is 11.8 Å². The van der Waals surface area contributed by atoms with Crippen LogP contribution in [-0.2, 0) is 0 Å². The van der Waals surface area contributed by atoms with E-state index in [4.69, 9.17) is 14.5 Å². The van der Waals surface area contributed by atoms with Gasteiger partial charge in [0.1, 0.15) is 11.5 Å². The molecule has 1 aromatic heterocycles. The average molecular weight is 571 g/mol. The first-order chi connectivity index (χ1) is 20.6. The van der Waals surface area contributed by atoms with Crippen molar-refractivity contribution in [3.8, 4) is 22.9 Å². The maximum atomic E-state index is 12.8. The summed E-state index contributed by atoms with van der Waals surface area (Å²) in [5.41, 5.74) is 2.42. The van der Waals surface area contributed by atoms with Gasteiger partial charge in [0.05, 0.1) is 12.2 Å². The Morgan fingerprint density at radius 1 is 0.810 bits per heavy atom. The van der Waals surface area contributed by atoms with Crippen molar-refractivity contribution in [2.45, 2.75) is 110 Å². The topological polar surface area (TPSA) is 61.3 Å². The summed E-state index contributed by atoms with van der Waals surface area (Å²) in [7, 11) is 0. The fourth-order valence-electron chi connectivity index (χ4n) is 6.02. The lowest BCUT2D eigenvalue weighted by atomic mass is 9.78. The Hall–Kier alpha value is -3.21. The van der Waals surface area contributed by atoms with Crippen LogP contribution in [0.15, 0.2) is 60.8 Å². The zero-order valence-corrected chi connectivity index (χ0v) is 26.0. The molecule has 0 aliphatic heterocycles. The third kappa shape index (κ3) is 9.96. The average Bonchev–Trinajstić information content (AvgIpc) is 3.03. The third-order valence-electron chi connectivity index (χ3n) is 8.79. The lowest BCUT2D eigenvalue weighted by molar-refractivity contribution is 0.0734. The summed E-state index contributed by atoms with van der Waals surface area (Å²) in [5.74, 6) is 3.83. The fourth-order valence-corrected chi connectivity index (χ4v) is 6.02. The molecule has 2 aromatic carbocycles. The minimum absolute atomic E-state index is 0.391. The predicted molar refractivity (Wildman–Crippen MR) is 171 cm³/mol. The molecule has 1 aliphatic rings. The van der Waals surface area contributed by atoms with E-state index in [-0.39, 0.29) is 0 Å². The van der Waals surface area contributed by atoms with E-state index in [1.807, 2.05) is 36.5 Å². The molecule has 0 N–H and O–H groups in total. The molecule has 1 saturated carbocycles. The van der Waals surface area contributed by atoms with E-state index in [2.05, 4.69) is 25.8 Å². The number of nitrogens with zero attached hydrogens (tertiary/aromatic N) is 2. The van der Waals surface area contributed by atoms with Crippen LogP contribution in [0.25, 0.3) is 11.4 Å². The first kappa shape index (κ1) is 31.7. The van der Waals surface area contributed by atoms with E-state index in [9.17, 15) is 4.79 Å². The largest absolute Gasteiger partial charge is 0.494 e. The predicted octanol–water partition coefficient (Wildman–Crippen LogP) is 10.2. The highest BCUT2D eigenvalue weighted by Gasteiger charge is 2.20. The molecule has 0 saturated heterocycles. The molecular weight excluding hydrogens is 520 g/mol. The summed E-state index contributed by atoms with van der Waals surface area (Å²) in [6.45, 7) is 7.43. The van der Waals surface area contributed by atoms with Gasteiger partial charge in [0.25, 0.3) is 0 Å². The first-order valence-corrected chi connectivity index (χ1v) is 16.4.